The minimum Gasteiger partial charge on any atom is -0.379 e. The van der Waals surface area contributed by atoms with Gasteiger partial charge in [-0.05, 0) is 34.7 Å². The number of hydrogen-bond donors (Lipinski definition) is 3. The average molecular weight is 438 g/mol. The van der Waals surface area contributed by atoms with Crippen molar-refractivity contribution in [3.8, 4) is 0 Å². The van der Waals surface area contributed by atoms with Crippen LogP contribution in [0.3, 0.4) is 0 Å². The van der Waals surface area contributed by atoms with Crippen LogP contribution in [0.2, 0.25) is 0 Å². The monoisotopic (exact) mass is 437 g/mol. The highest BCUT2D eigenvalue weighted by atomic mass is 16.5. The van der Waals surface area contributed by atoms with E-state index in [2.05, 4.69) is 34.5 Å². The third-order valence-electron chi connectivity index (χ3n) is 5.48. The summed E-state index contributed by atoms with van der Waals surface area (Å²) in [6.07, 6.45) is 4.03. The Morgan fingerprint density at radius 3 is 2.09 bits per heavy atom. The van der Waals surface area contributed by atoms with Crippen LogP contribution >= 0.6 is 0 Å². The van der Waals surface area contributed by atoms with Gasteiger partial charge in [0, 0.05) is 25.2 Å². The summed E-state index contributed by atoms with van der Waals surface area (Å²) in [7, 11) is 0. The molecular weight excluding hydrogens is 406 g/mol. The first kappa shape index (κ1) is 23.7. The van der Waals surface area contributed by atoms with Crippen LogP contribution in [-0.2, 0) is 16.1 Å². The lowest BCUT2D eigenvalue weighted by Gasteiger charge is -2.26. The van der Waals surface area contributed by atoms with Crippen LogP contribution in [0.15, 0.2) is 48.5 Å². The maximum atomic E-state index is 12.4. The fourth-order valence-corrected chi connectivity index (χ4v) is 3.52. The van der Waals surface area contributed by atoms with Crippen LogP contribution in [0.25, 0.3) is 12.2 Å². The SMILES string of the molecule is CC(C)[C@H](NC(=O)c1ccc(/C=C/c2ccc(CN3CCOCC3)cc2)cc1)C(=O)NO. The van der Waals surface area contributed by atoms with Gasteiger partial charge in [-0.1, -0.05) is 62.4 Å². The molecule has 2 aromatic rings. The van der Waals surface area contributed by atoms with E-state index in [1.165, 1.54) is 5.56 Å². The van der Waals surface area contributed by atoms with Gasteiger partial charge in [-0.3, -0.25) is 19.7 Å². The molecule has 2 aromatic carbocycles. The second kappa shape index (κ2) is 11.6. The number of amides is 2. The van der Waals surface area contributed by atoms with Crippen LogP contribution in [0.5, 0.6) is 0 Å². The number of rotatable bonds is 8. The first-order valence-electron chi connectivity index (χ1n) is 10.9. The van der Waals surface area contributed by atoms with Crippen molar-refractivity contribution in [2.45, 2.75) is 26.4 Å². The lowest BCUT2D eigenvalue weighted by atomic mass is 10.0. The van der Waals surface area contributed by atoms with Gasteiger partial charge in [0.05, 0.1) is 13.2 Å². The molecule has 0 saturated carbocycles. The zero-order chi connectivity index (χ0) is 22.9. The van der Waals surface area contributed by atoms with Crippen molar-refractivity contribution in [3.63, 3.8) is 0 Å². The van der Waals surface area contributed by atoms with Gasteiger partial charge in [0.2, 0.25) is 0 Å². The van der Waals surface area contributed by atoms with Gasteiger partial charge in [-0.15, -0.1) is 0 Å². The lowest BCUT2D eigenvalue weighted by molar-refractivity contribution is -0.132. The van der Waals surface area contributed by atoms with Gasteiger partial charge in [0.1, 0.15) is 6.04 Å². The number of nitrogens with one attached hydrogen (secondary N) is 2. The molecule has 1 fully saturated rings. The molecule has 170 valence electrons. The molecule has 0 bridgehead atoms. The van der Waals surface area contributed by atoms with Crippen molar-refractivity contribution in [1.82, 2.24) is 15.7 Å². The van der Waals surface area contributed by atoms with Crippen molar-refractivity contribution in [3.05, 3.63) is 70.8 Å². The van der Waals surface area contributed by atoms with E-state index in [1.54, 1.807) is 31.5 Å². The predicted molar refractivity (Wildman–Crippen MR) is 124 cm³/mol. The van der Waals surface area contributed by atoms with Crippen LogP contribution in [0.1, 0.15) is 40.9 Å². The summed E-state index contributed by atoms with van der Waals surface area (Å²) in [6.45, 7) is 8.08. The number of hydrogen-bond acceptors (Lipinski definition) is 5. The Labute approximate surface area is 189 Å². The number of ether oxygens (including phenoxy) is 1. The Hall–Kier alpha value is -3.00. The van der Waals surface area contributed by atoms with E-state index in [-0.39, 0.29) is 11.8 Å². The van der Waals surface area contributed by atoms with Crippen LogP contribution < -0.4 is 10.8 Å². The molecule has 2 amide bonds. The van der Waals surface area contributed by atoms with Crippen LogP contribution in [-0.4, -0.2) is 54.3 Å². The molecule has 1 heterocycles. The Balaban J connectivity index is 1.56. The number of carbonyl (C=O) groups is 2. The van der Waals surface area contributed by atoms with Gasteiger partial charge >= 0.3 is 0 Å². The van der Waals surface area contributed by atoms with E-state index in [1.807, 2.05) is 24.3 Å². The van der Waals surface area contributed by atoms with E-state index >= 15 is 0 Å². The van der Waals surface area contributed by atoms with Gasteiger partial charge in [0.25, 0.3) is 11.8 Å². The zero-order valence-electron chi connectivity index (χ0n) is 18.6. The van der Waals surface area contributed by atoms with Crippen molar-refractivity contribution in [2.24, 2.45) is 5.92 Å². The van der Waals surface area contributed by atoms with Gasteiger partial charge in [-0.25, -0.2) is 5.48 Å². The van der Waals surface area contributed by atoms with E-state index in [9.17, 15) is 9.59 Å². The highest BCUT2D eigenvalue weighted by molar-refractivity contribution is 5.97. The zero-order valence-corrected chi connectivity index (χ0v) is 18.6. The van der Waals surface area contributed by atoms with Crippen molar-refractivity contribution in [1.29, 1.82) is 0 Å². The van der Waals surface area contributed by atoms with Crippen molar-refractivity contribution >= 4 is 24.0 Å². The molecule has 3 rings (SSSR count). The highest BCUT2D eigenvalue weighted by Crippen LogP contribution is 2.13. The number of nitrogens with zero attached hydrogens (tertiary/aromatic N) is 1. The highest BCUT2D eigenvalue weighted by Gasteiger charge is 2.24. The number of hydroxylamine groups is 1. The van der Waals surface area contributed by atoms with Crippen molar-refractivity contribution in [2.75, 3.05) is 26.3 Å². The molecule has 32 heavy (non-hydrogen) atoms. The molecule has 7 nitrogen and oxygen atoms in total. The van der Waals surface area contributed by atoms with Gasteiger partial charge in [-0.2, -0.15) is 0 Å². The molecule has 0 spiro atoms. The largest absolute Gasteiger partial charge is 0.379 e. The Kier molecular flexibility index (Phi) is 8.56. The van der Waals surface area contributed by atoms with Crippen molar-refractivity contribution < 1.29 is 19.5 Å². The maximum absolute atomic E-state index is 12.4. The molecule has 3 N–H and O–H groups in total. The maximum Gasteiger partial charge on any atom is 0.266 e. The standard InChI is InChI=1S/C25H31N3O4/c1-18(2)23(25(30)27-31)26-24(29)22-11-9-20(10-12-22)4-3-19-5-7-21(8-6-19)17-28-13-15-32-16-14-28/h3-12,18,23,31H,13-17H2,1-2H3,(H,26,29)(H,27,30)/b4-3+/t23-/m0/s1. The summed E-state index contributed by atoms with van der Waals surface area (Å²) in [5.74, 6) is -1.16. The third-order valence-corrected chi connectivity index (χ3v) is 5.48. The van der Waals surface area contributed by atoms with Gasteiger partial charge < -0.3 is 10.1 Å². The average Bonchev–Trinajstić information content (AvgIpc) is 2.82. The fourth-order valence-electron chi connectivity index (χ4n) is 3.52. The van der Waals surface area contributed by atoms with E-state index in [0.29, 0.717) is 5.56 Å². The first-order valence-corrected chi connectivity index (χ1v) is 10.9. The van der Waals surface area contributed by atoms with Gasteiger partial charge in [0.15, 0.2) is 0 Å². The lowest BCUT2D eigenvalue weighted by Crippen LogP contribution is -2.48. The molecule has 0 unspecified atom stereocenters. The minimum absolute atomic E-state index is 0.159. The smallest absolute Gasteiger partial charge is 0.266 e. The van der Waals surface area contributed by atoms with E-state index < -0.39 is 11.9 Å². The second-order valence-corrected chi connectivity index (χ2v) is 8.26. The quantitative estimate of drug-likeness (QED) is 0.336. The Bertz CT molecular complexity index is 917. The summed E-state index contributed by atoms with van der Waals surface area (Å²) in [5.41, 5.74) is 5.40. The molecule has 1 atom stereocenters. The molecule has 0 aromatic heterocycles. The summed E-state index contributed by atoms with van der Waals surface area (Å²) >= 11 is 0. The summed E-state index contributed by atoms with van der Waals surface area (Å²) in [4.78, 5) is 26.6. The Morgan fingerprint density at radius 1 is 1.00 bits per heavy atom. The number of carbonyl (C=O) groups excluding carboxylic acids is 2. The molecule has 0 radical (unpaired) electrons. The summed E-state index contributed by atoms with van der Waals surface area (Å²) in [5, 5.41) is 11.5. The molecule has 1 aliphatic rings. The minimum atomic E-state index is -0.807. The molecule has 7 heteroatoms. The van der Waals surface area contributed by atoms with Crippen LogP contribution in [0, 0.1) is 5.92 Å². The summed E-state index contributed by atoms with van der Waals surface area (Å²) < 4.78 is 5.39. The molecular formula is C25H31N3O4. The van der Waals surface area contributed by atoms with Crippen LogP contribution in [0.4, 0.5) is 0 Å². The molecule has 1 saturated heterocycles. The Morgan fingerprint density at radius 2 is 1.56 bits per heavy atom. The second-order valence-electron chi connectivity index (χ2n) is 8.26. The topological polar surface area (TPSA) is 90.9 Å². The van der Waals surface area contributed by atoms with E-state index in [0.717, 1.165) is 44.0 Å². The molecule has 1 aliphatic heterocycles. The first-order chi connectivity index (χ1) is 15.5. The number of benzene rings is 2. The number of morpholine rings is 1. The third kappa shape index (κ3) is 6.75. The molecule has 0 aliphatic carbocycles. The normalized spacial score (nSPS) is 15.6. The predicted octanol–water partition coefficient (Wildman–Crippen LogP) is 2.95. The fraction of sp³-hybridized carbons (Fsp3) is 0.360. The van der Waals surface area contributed by atoms with E-state index in [4.69, 9.17) is 9.94 Å². The summed E-state index contributed by atoms with van der Waals surface area (Å²) in [6, 6.07) is 14.8.